The smallest absolute Gasteiger partial charge is 0.257 e. The van der Waals surface area contributed by atoms with Gasteiger partial charge in [0.2, 0.25) is 0 Å². The van der Waals surface area contributed by atoms with Crippen LogP contribution >= 0.6 is 0 Å². The van der Waals surface area contributed by atoms with E-state index in [-0.39, 0.29) is 29.1 Å². The minimum Gasteiger partial charge on any atom is -0.505 e. The van der Waals surface area contributed by atoms with Crippen LogP contribution in [-0.4, -0.2) is 23.0 Å². The van der Waals surface area contributed by atoms with Crippen LogP contribution in [0, 0.1) is 11.6 Å². The molecule has 0 radical (unpaired) electrons. The average molecular weight is 292 g/mol. The summed E-state index contributed by atoms with van der Waals surface area (Å²) in [7, 11) is 1.45. The van der Waals surface area contributed by atoms with Gasteiger partial charge in [0.1, 0.15) is 11.6 Å². The second-order valence-electron chi connectivity index (χ2n) is 4.64. The zero-order chi connectivity index (χ0) is 15.6. The molecule has 0 spiro atoms. The van der Waals surface area contributed by atoms with Crippen LogP contribution in [0.15, 0.2) is 36.4 Å². The number of anilines is 1. The molecule has 110 valence electrons. The lowest BCUT2D eigenvalue weighted by Gasteiger charge is -2.18. The van der Waals surface area contributed by atoms with Crippen LogP contribution < -0.4 is 5.73 Å². The molecule has 2 rings (SSSR count). The number of phenols is 1. The molecule has 4 nitrogen and oxygen atoms in total. The first-order valence-electron chi connectivity index (χ1n) is 6.17. The Balaban J connectivity index is 2.21. The third-order valence-corrected chi connectivity index (χ3v) is 3.07. The highest BCUT2D eigenvalue weighted by Gasteiger charge is 2.18. The Labute approximate surface area is 120 Å². The number of phenolic OH excluding ortho intramolecular Hbond substituents is 1. The fourth-order valence-electron chi connectivity index (χ4n) is 1.92. The molecule has 0 fully saturated rings. The lowest BCUT2D eigenvalue weighted by Crippen LogP contribution is -2.26. The van der Waals surface area contributed by atoms with Gasteiger partial charge in [-0.1, -0.05) is 12.1 Å². The molecule has 0 aromatic heterocycles. The van der Waals surface area contributed by atoms with Crippen molar-refractivity contribution in [2.75, 3.05) is 12.8 Å². The Morgan fingerprint density at radius 3 is 2.67 bits per heavy atom. The van der Waals surface area contributed by atoms with E-state index in [0.717, 1.165) is 12.1 Å². The van der Waals surface area contributed by atoms with Crippen molar-refractivity contribution in [3.05, 3.63) is 59.2 Å². The number of carbonyl (C=O) groups excluding carboxylic acids is 1. The number of para-hydroxylation sites is 1. The topological polar surface area (TPSA) is 66.6 Å². The van der Waals surface area contributed by atoms with E-state index in [1.807, 2.05) is 0 Å². The van der Waals surface area contributed by atoms with Crippen LogP contribution in [0.1, 0.15) is 15.9 Å². The highest BCUT2D eigenvalue weighted by molar-refractivity contribution is 5.98. The van der Waals surface area contributed by atoms with Crippen molar-refractivity contribution in [3.8, 4) is 5.75 Å². The van der Waals surface area contributed by atoms with Gasteiger partial charge >= 0.3 is 0 Å². The Kier molecular flexibility index (Phi) is 4.07. The van der Waals surface area contributed by atoms with E-state index in [0.29, 0.717) is 0 Å². The minimum atomic E-state index is -0.730. The summed E-state index contributed by atoms with van der Waals surface area (Å²) in [6, 6.07) is 7.57. The molecule has 21 heavy (non-hydrogen) atoms. The summed E-state index contributed by atoms with van der Waals surface area (Å²) < 4.78 is 26.4. The van der Waals surface area contributed by atoms with Gasteiger partial charge in [-0.3, -0.25) is 4.79 Å². The molecule has 0 unspecified atom stereocenters. The number of nitrogen functional groups attached to an aromatic ring is 1. The second kappa shape index (κ2) is 5.78. The number of halogens is 2. The molecule has 0 aliphatic heterocycles. The number of benzene rings is 2. The number of carbonyl (C=O) groups is 1. The van der Waals surface area contributed by atoms with E-state index in [1.54, 1.807) is 0 Å². The molecule has 2 aromatic rings. The third kappa shape index (κ3) is 3.10. The zero-order valence-electron chi connectivity index (χ0n) is 11.3. The molecule has 0 aliphatic rings. The lowest BCUT2D eigenvalue weighted by atomic mass is 10.1. The first-order chi connectivity index (χ1) is 9.90. The summed E-state index contributed by atoms with van der Waals surface area (Å²) in [6.07, 6.45) is 0. The number of hydrogen-bond acceptors (Lipinski definition) is 3. The van der Waals surface area contributed by atoms with Gasteiger partial charge in [0.05, 0.1) is 11.3 Å². The molecule has 6 heteroatoms. The van der Waals surface area contributed by atoms with Crippen molar-refractivity contribution in [2.45, 2.75) is 6.54 Å². The predicted octanol–water partition coefficient (Wildman–Crippen LogP) is 2.52. The normalized spacial score (nSPS) is 10.4. The van der Waals surface area contributed by atoms with Crippen molar-refractivity contribution in [1.82, 2.24) is 4.90 Å². The van der Waals surface area contributed by atoms with Crippen LogP contribution in [0.4, 0.5) is 14.5 Å². The standard InChI is InChI=1S/C15H14F2N2O2/c1-19(8-9-5-6-10(16)7-12(9)17)15(21)11-3-2-4-13(18)14(11)20/h2-7,20H,8,18H2,1H3. The summed E-state index contributed by atoms with van der Waals surface area (Å²) >= 11 is 0. The average Bonchev–Trinajstić information content (AvgIpc) is 2.44. The van der Waals surface area contributed by atoms with Gasteiger partial charge in [-0.05, 0) is 18.2 Å². The van der Waals surface area contributed by atoms with Gasteiger partial charge in [-0.2, -0.15) is 0 Å². The number of hydrogen-bond donors (Lipinski definition) is 2. The second-order valence-corrected chi connectivity index (χ2v) is 4.64. The zero-order valence-corrected chi connectivity index (χ0v) is 11.3. The fraction of sp³-hybridized carbons (Fsp3) is 0.133. The summed E-state index contributed by atoms with van der Waals surface area (Å²) in [5.41, 5.74) is 5.82. The number of nitrogens with zero attached hydrogens (tertiary/aromatic N) is 1. The highest BCUT2D eigenvalue weighted by atomic mass is 19.1. The lowest BCUT2D eigenvalue weighted by molar-refractivity contribution is 0.0781. The van der Waals surface area contributed by atoms with Gasteiger partial charge in [-0.15, -0.1) is 0 Å². The summed E-state index contributed by atoms with van der Waals surface area (Å²) in [6.45, 7) is -0.0564. The number of nitrogens with two attached hydrogens (primary N) is 1. The molecule has 1 amide bonds. The van der Waals surface area contributed by atoms with E-state index < -0.39 is 17.5 Å². The van der Waals surface area contributed by atoms with Crippen LogP contribution in [0.3, 0.4) is 0 Å². The first kappa shape index (κ1) is 14.8. The fourth-order valence-corrected chi connectivity index (χ4v) is 1.92. The van der Waals surface area contributed by atoms with Gasteiger partial charge in [0.25, 0.3) is 5.91 Å². The van der Waals surface area contributed by atoms with Crippen molar-refractivity contribution >= 4 is 11.6 Å². The summed E-state index contributed by atoms with van der Waals surface area (Å²) in [5.74, 6) is -2.23. The van der Waals surface area contributed by atoms with Crippen LogP contribution in [0.25, 0.3) is 0 Å². The maximum Gasteiger partial charge on any atom is 0.257 e. The van der Waals surface area contributed by atoms with E-state index in [9.17, 15) is 18.7 Å². The van der Waals surface area contributed by atoms with Crippen LogP contribution in [0.5, 0.6) is 5.75 Å². The summed E-state index contributed by atoms with van der Waals surface area (Å²) in [4.78, 5) is 13.4. The SMILES string of the molecule is CN(Cc1ccc(F)cc1F)C(=O)c1cccc(N)c1O. The monoisotopic (exact) mass is 292 g/mol. The number of aromatic hydroxyl groups is 1. The van der Waals surface area contributed by atoms with E-state index >= 15 is 0 Å². The summed E-state index contributed by atoms with van der Waals surface area (Å²) in [5, 5.41) is 9.78. The van der Waals surface area contributed by atoms with Crippen molar-refractivity contribution in [2.24, 2.45) is 0 Å². The Morgan fingerprint density at radius 1 is 1.29 bits per heavy atom. The van der Waals surface area contributed by atoms with Gasteiger partial charge < -0.3 is 15.7 Å². The van der Waals surface area contributed by atoms with E-state index in [2.05, 4.69) is 0 Å². The molecular formula is C15H14F2N2O2. The molecule has 3 N–H and O–H groups in total. The predicted molar refractivity (Wildman–Crippen MR) is 74.7 cm³/mol. The van der Waals surface area contributed by atoms with Gasteiger partial charge in [-0.25, -0.2) is 8.78 Å². The van der Waals surface area contributed by atoms with E-state index in [1.165, 1.54) is 36.2 Å². The molecule has 2 aromatic carbocycles. The molecule has 0 saturated carbocycles. The molecule has 0 aliphatic carbocycles. The molecular weight excluding hydrogens is 278 g/mol. The van der Waals surface area contributed by atoms with Gasteiger partial charge in [0, 0.05) is 25.2 Å². The number of amides is 1. The molecule has 0 atom stereocenters. The van der Waals surface area contributed by atoms with E-state index in [4.69, 9.17) is 5.73 Å². The molecule has 0 heterocycles. The molecule has 0 saturated heterocycles. The minimum absolute atomic E-state index is 0.0278. The largest absolute Gasteiger partial charge is 0.505 e. The Morgan fingerprint density at radius 2 is 2.00 bits per heavy atom. The van der Waals surface area contributed by atoms with Crippen molar-refractivity contribution in [1.29, 1.82) is 0 Å². The van der Waals surface area contributed by atoms with Crippen LogP contribution in [-0.2, 0) is 6.54 Å². The quantitative estimate of drug-likeness (QED) is 0.675. The van der Waals surface area contributed by atoms with Crippen molar-refractivity contribution in [3.63, 3.8) is 0 Å². The maximum atomic E-state index is 13.6. The maximum absolute atomic E-state index is 13.6. The third-order valence-electron chi connectivity index (χ3n) is 3.07. The van der Waals surface area contributed by atoms with Gasteiger partial charge in [0.15, 0.2) is 5.75 Å². The van der Waals surface area contributed by atoms with Crippen LogP contribution in [0.2, 0.25) is 0 Å². The number of rotatable bonds is 3. The first-order valence-corrected chi connectivity index (χ1v) is 6.17. The molecule has 0 bridgehead atoms. The Bertz CT molecular complexity index is 689. The highest BCUT2D eigenvalue weighted by Crippen LogP contribution is 2.25. The Hall–Kier alpha value is -2.63. The van der Waals surface area contributed by atoms with Crippen molar-refractivity contribution < 1.29 is 18.7 Å².